The van der Waals surface area contributed by atoms with Crippen molar-refractivity contribution in [3.05, 3.63) is 47.5 Å². The van der Waals surface area contributed by atoms with E-state index in [0.29, 0.717) is 22.6 Å². The van der Waals surface area contributed by atoms with E-state index in [1.165, 1.54) is 24.6 Å². The molecule has 0 saturated heterocycles. The summed E-state index contributed by atoms with van der Waals surface area (Å²) in [5.41, 5.74) is 1.09. The zero-order valence-electron chi connectivity index (χ0n) is 12.9. The number of methoxy groups -OCH3 is 2. The average Bonchev–Trinajstić information content (AvgIpc) is 2.57. The molecule has 0 aliphatic carbocycles. The van der Waals surface area contributed by atoms with E-state index < -0.39 is 0 Å². The molecule has 6 nitrogen and oxygen atoms in total. The van der Waals surface area contributed by atoms with Gasteiger partial charge in [0.15, 0.2) is 0 Å². The monoisotopic (exact) mass is 314 g/mol. The van der Waals surface area contributed by atoms with Crippen LogP contribution in [0.1, 0.15) is 11.1 Å². The highest BCUT2D eigenvalue weighted by molar-refractivity contribution is 5.85. The van der Waals surface area contributed by atoms with Crippen LogP contribution in [0.5, 0.6) is 23.0 Å². The Kier molecular flexibility index (Phi) is 5.57. The third-order valence-corrected chi connectivity index (χ3v) is 3.09. The van der Waals surface area contributed by atoms with Crippen LogP contribution in [0.3, 0.4) is 0 Å². The van der Waals surface area contributed by atoms with Crippen LogP contribution in [-0.4, -0.2) is 43.5 Å². The van der Waals surface area contributed by atoms with Gasteiger partial charge in [-0.3, -0.25) is 9.98 Å². The molecule has 0 aromatic heterocycles. The van der Waals surface area contributed by atoms with Gasteiger partial charge in [-0.15, -0.1) is 0 Å². The molecule has 120 valence electrons. The standard InChI is InChI=1S/C17H18N2O4/c1-22-14-3-5-16(20)12(7-14)9-18-11-19-10-13-8-15(23-2)4-6-17(13)21/h3-10,20-21H,11H2,1-2H3/b18-9+,19-10+. The fourth-order valence-corrected chi connectivity index (χ4v) is 1.85. The maximum Gasteiger partial charge on any atom is 0.129 e. The Balaban J connectivity index is 2.02. The normalized spacial score (nSPS) is 11.2. The second-order valence-electron chi connectivity index (χ2n) is 4.61. The summed E-state index contributed by atoms with van der Waals surface area (Å²) in [6.45, 7) is 0.160. The fourth-order valence-electron chi connectivity index (χ4n) is 1.85. The van der Waals surface area contributed by atoms with Crippen molar-refractivity contribution < 1.29 is 19.7 Å². The van der Waals surface area contributed by atoms with Crippen molar-refractivity contribution in [2.45, 2.75) is 0 Å². The minimum absolute atomic E-state index is 0.115. The van der Waals surface area contributed by atoms with E-state index in [0.717, 1.165) is 0 Å². The number of aliphatic imine (C=N–C) groups is 2. The molecular formula is C17H18N2O4. The van der Waals surface area contributed by atoms with Crippen LogP contribution in [0.25, 0.3) is 0 Å². The number of phenols is 2. The summed E-state index contributed by atoms with van der Waals surface area (Å²) < 4.78 is 10.2. The van der Waals surface area contributed by atoms with E-state index >= 15 is 0 Å². The topological polar surface area (TPSA) is 83.6 Å². The van der Waals surface area contributed by atoms with Crippen molar-refractivity contribution in [2.24, 2.45) is 9.98 Å². The minimum Gasteiger partial charge on any atom is -0.507 e. The SMILES string of the molecule is COc1ccc(O)c(/C=N/C/N=C/c2cc(OC)ccc2O)c1. The van der Waals surface area contributed by atoms with Crippen LogP contribution in [0, 0.1) is 0 Å². The van der Waals surface area contributed by atoms with E-state index in [9.17, 15) is 10.2 Å². The molecule has 0 atom stereocenters. The minimum atomic E-state index is 0.115. The molecule has 2 rings (SSSR count). The van der Waals surface area contributed by atoms with Crippen molar-refractivity contribution in [1.82, 2.24) is 0 Å². The molecule has 0 heterocycles. The maximum absolute atomic E-state index is 9.73. The number of phenolic OH excluding ortho intramolecular Hbond substituents is 2. The maximum atomic E-state index is 9.73. The number of ether oxygens (including phenoxy) is 2. The predicted octanol–water partition coefficient (Wildman–Crippen LogP) is 2.61. The first-order valence-electron chi connectivity index (χ1n) is 6.87. The van der Waals surface area contributed by atoms with Gasteiger partial charge in [0.25, 0.3) is 0 Å². The first-order valence-corrected chi connectivity index (χ1v) is 6.87. The number of hydrogen-bond donors (Lipinski definition) is 2. The van der Waals surface area contributed by atoms with Crippen LogP contribution >= 0.6 is 0 Å². The summed E-state index contributed by atoms with van der Waals surface area (Å²) in [4.78, 5) is 8.23. The lowest BCUT2D eigenvalue weighted by atomic mass is 10.2. The second kappa shape index (κ2) is 7.84. The Bertz CT molecular complexity index is 665. The van der Waals surface area contributed by atoms with E-state index in [4.69, 9.17) is 9.47 Å². The second-order valence-corrected chi connectivity index (χ2v) is 4.61. The molecule has 2 N–H and O–H groups in total. The third-order valence-electron chi connectivity index (χ3n) is 3.09. The van der Waals surface area contributed by atoms with Gasteiger partial charge in [0.2, 0.25) is 0 Å². The van der Waals surface area contributed by atoms with Gasteiger partial charge in [0.05, 0.1) is 14.2 Å². The number of rotatable bonds is 6. The zero-order valence-corrected chi connectivity index (χ0v) is 12.9. The third kappa shape index (κ3) is 4.47. The van der Waals surface area contributed by atoms with Gasteiger partial charge in [-0.25, -0.2) is 0 Å². The van der Waals surface area contributed by atoms with Crippen molar-refractivity contribution in [2.75, 3.05) is 20.9 Å². The van der Waals surface area contributed by atoms with Crippen LogP contribution in [-0.2, 0) is 0 Å². The molecule has 2 aromatic rings. The molecule has 0 fully saturated rings. The van der Waals surface area contributed by atoms with Crippen LogP contribution in [0.4, 0.5) is 0 Å². The molecule has 0 aliphatic heterocycles. The highest BCUT2D eigenvalue weighted by Crippen LogP contribution is 2.22. The molecule has 0 radical (unpaired) electrons. The summed E-state index contributed by atoms with van der Waals surface area (Å²) in [6.07, 6.45) is 3.03. The molecule has 2 aromatic carbocycles. The molecule has 0 amide bonds. The van der Waals surface area contributed by atoms with E-state index in [-0.39, 0.29) is 18.2 Å². The Labute approximate surface area is 134 Å². The van der Waals surface area contributed by atoms with Crippen LogP contribution in [0.2, 0.25) is 0 Å². The first kappa shape index (κ1) is 16.4. The van der Waals surface area contributed by atoms with Gasteiger partial charge in [-0.1, -0.05) is 0 Å². The summed E-state index contributed by atoms with van der Waals surface area (Å²) in [5, 5.41) is 19.5. The lowest BCUT2D eigenvalue weighted by Crippen LogP contribution is -1.89. The molecule has 0 unspecified atom stereocenters. The smallest absolute Gasteiger partial charge is 0.129 e. The zero-order chi connectivity index (χ0) is 16.7. The highest BCUT2D eigenvalue weighted by atomic mass is 16.5. The molecule has 0 spiro atoms. The molecule has 0 aliphatic rings. The van der Waals surface area contributed by atoms with Crippen molar-refractivity contribution in [1.29, 1.82) is 0 Å². The van der Waals surface area contributed by atoms with Gasteiger partial charge in [0, 0.05) is 23.6 Å². The largest absolute Gasteiger partial charge is 0.507 e. The molecule has 0 bridgehead atoms. The summed E-state index contributed by atoms with van der Waals surface area (Å²) in [6, 6.07) is 9.76. The van der Waals surface area contributed by atoms with Crippen molar-refractivity contribution in [3.63, 3.8) is 0 Å². The lowest BCUT2D eigenvalue weighted by Gasteiger charge is -2.03. The Morgan fingerprint density at radius 1 is 0.826 bits per heavy atom. The number of benzene rings is 2. The van der Waals surface area contributed by atoms with Crippen molar-refractivity contribution >= 4 is 12.4 Å². The van der Waals surface area contributed by atoms with Crippen LogP contribution < -0.4 is 9.47 Å². The summed E-state index contributed by atoms with van der Waals surface area (Å²) in [5.74, 6) is 1.50. The lowest BCUT2D eigenvalue weighted by molar-refractivity contribution is 0.412. The number of aromatic hydroxyl groups is 2. The van der Waals surface area contributed by atoms with Gasteiger partial charge in [-0.2, -0.15) is 0 Å². The Hall–Kier alpha value is -3.02. The van der Waals surface area contributed by atoms with Gasteiger partial charge in [0.1, 0.15) is 29.7 Å². The predicted molar refractivity (Wildman–Crippen MR) is 89.4 cm³/mol. The van der Waals surface area contributed by atoms with Crippen LogP contribution in [0.15, 0.2) is 46.4 Å². The number of nitrogens with zero attached hydrogens (tertiary/aromatic N) is 2. The van der Waals surface area contributed by atoms with Gasteiger partial charge in [-0.05, 0) is 36.4 Å². The summed E-state index contributed by atoms with van der Waals surface area (Å²) >= 11 is 0. The van der Waals surface area contributed by atoms with Gasteiger partial charge >= 0.3 is 0 Å². The molecule has 0 saturated carbocycles. The van der Waals surface area contributed by atoms with E-state index in [1.807, 2.05) is 0 Å². The molecular weight excluding hydrogens is 296 g/mol. The van der Waals surface area contributed by atoms with Gasteiger partial charge < -0.3 is 19.7 Å². The van der Waals surface area contributed by atoms with E-state index in [2.05, 4.69) is 9.98 Å². The Morgan fingerprint density at radius 2 is 1.26 bits per heavy atom. The summed E-state index contributed by atoms with van der Waals surface area (Å²) in [7, 11) is 3.11. The van der Waals surface area contributed by atoms with Crippen molar-refractivity contribution in [3.8, 4) is 23.0 Å². The first-order chi connectivity index (χ1) is 11.1. The molecule has 6 heteroatoms. The average molecular weight is 314 g/mol. The fraction of sp³-hybridized carbons (Fsp3) is 0.176. The number of hydrogen-bond acceptors (Lipinski definition) is 6. The molecule has 23 heavy (non-hydrogen) atoms. The highest BCUT2D eigenvalue weighted by Gasteiger charge is 2.01. The quantitative estimate of drug-likeness (QED) is 0.803. The van der Waals surface area contributed by atoms with E-state index in [1.54, 1.807) is 38.5 Å². The Morgan fingerprint density at radius 3 is 1.65 bits per heavy atom.